The maximum Gasteiger partial charge on any atom is 0.337 e. The molecule has 3 aromatic rings. The quantitative estimate of drug-likeness (QED) is 0.361. The topological polar surface area (TPSA) is 110 Å². The maximum absolute atomic E-state index is 11.5. The first-order valence-electron chi connectivity index (χ1n) is 9.03. The fourth-order valence-electron chi connectivity index (χ4n) is 2.84. The van der Waals surface area contributed by atoms with Crippen LogP contribution in [0.15, 0.2) is 52.0 Å². The Kier molecular flexibility index (Phi) is 6.57. The average Bonchev–Trinajstić information content (AvgIpc) is 3.22. The van der Waals surface area contributed by atoms with Crippen molar-refractivity contribution in [1.82, 2.24) is 4.98 Å². The molecule has 0 unspecified atom stereocenters. The van der Waals surface area contributed by atoms with Crippen LogP contribution in [0.3, 0.4) is 0 Å². The number of methoxy groups -OCH3 is 2. The standard InChI is InChI=1S/C22H20N4O4/c1-14-10-17(13-28-2)19(11-23)21(25-14)26-24-12-18-8-9-20(30-18)15-4-6-16(7-5-15)22(27)29-3/h4-10,12H,13H2,1-3H3,(H,25,26)/b24-12-. The molecular formula is C22H20N4O4. The Balaban J connectivity index is 1.74. The lowest BCUT2D eigenvalue weighted by atomic mass is 10.1. The third-order valence-electron chi connectivity index (χ3n) is 4.22. The molecule has 8 nitrogen and oxygen atoms in total. The second kappa shape index (κ2) is 9.49. The minimum Gasteiger partial charge on any atom is -0.465 e. The van der Waals surface area contributed by atoms with Gasteiger partial charge in [-0.1, -0.05) is 12.1 Å². The van der Waals surface area contributed by atoms with Crippen molar-refractivity contribution in [3.05, 3.63) is 70.6 Å². The summed E-state index contributed by atoms with van der Waals surface area (Å²) in [5.41, 5.74) is 5.93. The number of aromatic nitrogens is 1. The molecule has 152 valence electrons. The summed E-state index contributed by atoms with van der Waals surface area (Å²) in [6.07, 6.45) is 1.49. The van der Waals surface area contributed by atoms with Crippen molar-refractivity contribution in [3.8, 4) is 17.4 Å². The molecule has 0 aliphatic heterocycles. The zero-order valence-corrected chi connectivity index (χ0v) is 16.8. The van der Waals surface area contributed by atoms with E-state index in [-0.39, 0.29) is 0 Å². The van der Waals surface area contributed by atoms with Gasteiger partial charge in [0.15, 0.2) is 5.82 Å². The van der Waals surface area contributed by atoms with E-state index in [4.69, 9.17) is 13.9 Å². The van der Waals surface area contributed by atoms with Crippen LogP contribution in [-0.2, 0) is 16.1 Å². The highest BCUT2D eigenvalue weighted by Crippen LogP contribution is 2.23. The number of pyridine rings is 1. The van der Waals surface area contributed by atoms with Gasteiger partial charge < -0.3 is 13.9 Å². The summed E-state index contributed by atoms with van der Waals surface area (Å²) >= 11 is 0. The number of carbonyl (C=O) groups excluding carboxylic acids is 1. The molecule has 0 bridgehead atoms. The van der Waals surface area contributed by atoms with E-state index in [1.165, 1.54) is 13.3 Å². The van der Waals surface area contributed by atoms with Gasteiger partial charge in [-0.3, -0.25) is 5.43 Å². The number of hydrogen-bond donors (Lipinski definition) is 1. The van der Waals surface area contributed by atoms with Crippen molar-refractivity contribution >= 4 is 18.0 Å². The molecule has 0 radical (unpaired) electrons. The summed E-state index contributed by atoms with van der Waals surface area (Å²) in [5.74, 6) is 1.10. The number of nitriles is 1. The fourth-order valence-corrected chi connectivity index (χ4v) is 2.84. The lowest BCUT2D eigenvalue weighted by Gasteiger charge is -2.08. The molecule has 2 aromatic heterocycles. The summed E-state index contributed by atoms with van der Waals surface area (Å²) in [5, 5.41) is 13.6. The smallest absolute Gasteiger partial charge is 0.337 e. The van der Waals surface area contributed by atoms with Crippen LogP contribution < -0.4 is 5.43 Å². The van der Waals surface area contributed by atoms with Crippen molar-refractivity contribution in [1.29, 1.82) is 5.26 Å². The van der Waals surface area contributed by atoms with Gasteiger partial charge in [0.1, 0.15) is 23.2 Å². The zero-order valence-electron chi connectivity index (χ0n) is 16.8. The molecule has 1 N–H and O–H groups in total. The number of hydrazone groups is 1. The number of carbonyl (C=O) groups is 1. The van der Waals surface area contributed by atoms with Crippen molar-refractivity contribution in [2.45, 2.75) is 13.5 Å². The van der Waals surface area contributed by atoms with Crippen molar-refractivity contribution in [2.24, 2.45) is 5.10 Å². The van der Waals surface area contributed by atoms with E-state index in [1.807, 2.05) is 6.92 Å². The SMILES string of the molecule is COCc1cc(C)nc(N/N=C\c2ccc(-c3ccc(C(=O)OC)cc3)o2)c1C#N. The van der Waals surface area contributed by atoms with Crippen LogP contribution in [0.25, 0.3) is 11.3 Å². The third kappa shape index (κ3) is 4.71. The van der Waals surface area contributed by atoms with Gasteiger partial charge in [-0.2, -0.15) is 10.4 Å². The second-order valence-electron chi connectivity index (χ2n) is 6.33. The molecule has 0 aliphatic rings. The molecule has 30 heavy (non-hydrogen) atoms. The summed E-state index contributed by atoms with van der Waals surface area (Å²) in [4.78, 5) is 15.9. The molecule has 8 heteroatoms. The van der Waals surface area contributed by atoms with Gasteiger partial charge in [0.05, 0.1) is 25.5 Å². The molecule has 3 rings (SSSR count). The molecule has 0 spiro atoms. The molecule has 0 saturated heterocycles. The van der Waals surface area contributed by atoms with Crippen molar-refractivity contribution in [2.75, 3.05) is 19.6 Å². The Labute approximate surface area is 173 Å². The predicted octanol–water partition coefficient (Wildman–Crippen LogP) is 3.90. The fraction of sp³-hybridized carbons (Fsp3) is 0.182. The molecule has 0 saturated carbocycles. The Morgan fingerprint density at radius 1 is 1.27 bits per heavy atom. The van der Waals surface area contributed by atoms with Gasteiger partial charge in [0.25, 0.3) is 0 Å². The van der Waals surface area contributed by atoms with E-state index in [2.05, 4.69) is 21.6 Å². The number of nitrogens with zero attached hydrogens (tertiary/aromatic N) is 3. The molecule has 0 atom stereocenters. The number of hydrogen-bond acceptors (Lipinski definition) is 8. The Hall–Kier alpha value is -3.96. The van der Waals surface area contributed by atoms with E-state index < -0.39 is 5.97 Å². The highest BCUT2D eigenvalue weighted by molar-refractivity contribution is 5.89. The second-order valence-corrected chi connectivity index (χ2v) is 6.33. The van der Waals surface area contributed by atoms with Crippen LogP contribution in [0, 0.1) is 18.3 Å². The highest BCUT2D eigenvalue weighted by Gasteiger charge is 2.11. The molecule has 0 amide bonds. The molecular weight excluding hydrogens is 384 g/mol. The number of rotatable bonds is 7. The van der Waals surface area contributed by atoms with Crippen LogP contribution in [-0.4, -0.2) is 31.4 Å². The first kappa shape index (κ1) is 20.8. The number of furan rings is 1. The third-order valence-corrected chi connectivity index (χ3v) is 4.22. The predicted molar refractivity (Wildman–Crippen MR) is 111 cm³/mol. The first-order chi connectivity index (χ1) is 14.5. The van der Waals surface area contributed by atoms with Gasteiger partial charge in [0.2, 0.25) is 0 Å². The van der Waals surface area contributed by atoms with Crippen LogP contribution >= 0.6 is 0 Å². The molecule has 0 aliphatic carbocycles. The minimum atomic E-state index is -0.393. The molecule has 0 fully saturated rings. The summed E-state index contributed by atoms with van der Waals surface area (Å²) in [7, 11) is 2.91. The Bertz CT molecular complexity index is 1110. The molecule has 1 aromatic carbocycles. The zero-order chi connectivity index (χ0) is 21.5. The van der Waals surface area contributed by atoms with Crippen LogP contribution in [0.1, 0.15) is 32.9 Å². The largest absolute Gasteiger partial charge is 0.465 e. The van der Waals surface area contributed by atoms with E-state index in [9.17, 15) is 10.1 Å². The lowest BCUT2D eigenvalue weighted by Crippen LogP contribution is -2.03. The molecule has 2 heterocycles. The van der Waals surface area contributed by atoms with Crippen LogP contribution in [0.4, 0.5) is 5.82 Å². The van der Waals surface area contributed by atoms with E-state index in [0.29, 0.717) is 35.1 Å². The van der Waals surface area contributed by atoms with Crippen molar-refractivity contribution < 1.29 is 18.7 Å². The van der Waals surface area contributed by atoms with Gasteiger partial charge >= 0.3 is 5.97 Å². The van der Waals surface area contributed by atoms with Gasteiger partial charge in [-0.15, -0.1) is 0 Å². The Morgan fingerprint density at radius 3 is 2.70 bits per heavy atom. The van der Waals surface area contributed by atoms with Gasteiger partial charge in [-0.25, -0.2) is 9.78 Å². The van der Waals surface area contributed by atoms with Crippen LogP contribution in [0.2, 0.25) is 0 Å². The van der Waals surface area contributed by atoms with Crippen molar-refractivity contribution in [3.63, 3.8) is 0 Å². The number of ether oxygens (including phenoxy) is 2. The monoisotopic (exact) mass is 404 g/mol. The first-order valence-corrected chi connectivity index (χ1v) is 9.03. The summed E-state index contributed by atoms with van der Waals surface area (Å²) < 4.78 is 15.6. The number of anilines is 1. The number of aryl methyl sites for hydroxylation is 1. The van der Waals surface area contributed by atoms with E-state index in [1.54, 1.807) is 49.6 Å². The lowest BCUT2D eigenvalue weighted by molar-refractivity contribution is 0.0600. The van der Waals surface area contributed by atoms with E-state index >= 15 is 0 Å². The maximum atomic E-state index is 11.5. The number of nitrogens with one attached hydrogen (secondary N) is 1. The average molecular weight is 404 g/mol. The van der Waals surface area contributed by atoms with Gasteiger partial charge in [-0.05, 0) is 37.3 Å². The van der Waals surface area contributed by atoms with E-state index in [0.717, 1.165) is 16.8 Å². The number of benzene rings is 1. The normalized spacial score (nSPS) is 10.7. The summed E-state index contributed by atoms with van der Waals surface area (Å²) in [6, 6.07) is 14.4. The highest BCUT2D eigenvalue weighted by atomic mass is 16.5. The van der Waals surface area contributed by atoms with Crippen LogP contribution in [0.5, 0.6) is 0 Å². The minimum absolute atomic E-state index is 0.307. The Morgan fingerprint density at radius 2 is 2.03 bits per heavy atom. The number of esters is 1. The van der Waals surface area contributed by atoms with Gasteiger partial charge in [0, 0.05) is 23.9 Å². The summed E-state index contributed by atoms with van der Waals surface area (Å²) in [6.45, 7) is 2.14.